The molecular weight excluding hydrogens is 370 g/mol. The molecule has 29 heavy (non-hydrogen) atoms. The van der Waals surface area contributed by atoms with E-state index < -0.39 is 18.0 Å². The number of esters is 1. The molecule has 0 bridgehead atoms. The lowest BCUT2D eigenvalue weighted by molar-refractivity contribution is -0.143. The summed E-state index contributed by atoms with van der Waals surface area (Å²) in [6.45, 7) is 2.02. The predicted molar refractivity (Wildman–Crippen MR) is 111 cm³/mol. The summed E-state index contributed by atoms with van der Waals surface area (Å²) in [4.78, 5) is 29.1. The number of fused-ring (bicyclic) bond motifs is 1. The minimum atomic E-state index is -0.572. The van der Waals surface area contributed by atoms with E-state index in [0.29, 0.717) is 11.4 Å². The second-order valence-corrected chi connectivity index (χ2v) is 6.31. The van der Waals surface area contributed by atoms with Crippen LogP contribution in [0.15, 0.2) is 60.8 Å². The number of benzene rings is 2. The standard InChI is InChI=1S/C22H23N3O4/c1-3-29-21(26)14-20(15-7-4-8-16(13-15)28-2)25-22(27)24-19-11-5-10-18-17(19)9-6-12-23-18/h4-13,20H,3,14H2,1-2H3,(H2,24,25,27). The Hall–Kier alpha value is -3.61. The van der Waals surface area contributed by atoms with Gasteiger partial charge in [-0.2, -0.15) is 0 Å². The van der Waals surface area contributed by atoms with Gasteiger partial charge in [0.05, 0.1) is 37.4 Å². The molecule has 1 unspecified atom stereocenters. The minimum Gasteiger partial charge on any atom is -0.497 e. The first-order chi connectivity index (χ1) is 14.1. The lowest BCUT2D eigenvalue weighted by atomic mass is 10.0. The number of pyridine rings is 1. The molecule has 0 aliphatic carbocycles. The lowest BCUT2D eigenvalue weighted by Gasteiger charge is -2.20. The monoisotopic (exact) mass is 393 g/mol. The van der Waals surface area contributed by atoms with Gasteiger partial charge in [-0.25, -0.2) is 4.79 Å². The number of carbonyl (C=O) groups excluding carboxylic acids is 2. The van der Waals surface area contributed by atoms with Crippen LogP contribution in [0.2, 0.25) is 0 Å². The number of hydrogen-bond donors (Lipinski definition) is 2. The molecule has 0 aliphatic rings. The molecule has 0 spiro atoms. The number of nitrogens with zero attached hydrogens (tertiary/aromatic N) is 1. The summed E-state index contributed by atoms with van der Waals surface area (Å²) in [7, 11) is 1.56. The normalized spacial score (nSPS) is 11.5. The summed E-state index contributed by atoms with van der Waals surface area (Å²) >= 11 is 0. The third kappa shape index (κ3) is 5.22. The van der Waals surface area contributed by atoms with Gasteiger partial charge in [0.25, 0.3) is 0 Å². The highest BCUT2D eigenvalue weighted by molar-refractivity contribution is 6.00. The molecule has 2 aromatic carbocycles. The van der Waals surface area contributed by atoms with Crippen molar-refractivity contribution in [3.8, 4) is 5.75 Å². The zero-order valence-corrected chi connectivity index (χ0v) is 16.3. The average Bonchev–Trinajstić information content (AvgIpc) is 2.74. The summed E-state index contributed by atoms with van der Waals surface area (Å²) in [6, 6.07) is 15.4. The maximum Gasteiger partial charge on any atom is 0.319 e. The highest BCUT2D eigenvalue weighted by atomic mass is 16.5. The van der Waals surface area contributed by atoms with Gasteiger partial charge in [-0.15, -0.1) is 0 Å². The van der Waals surface area contributed by atoms with E-state index in [9.17, 15) is 9.59 Å². The van der Waals surface area contributed by atoms with Gasteiger partial charge in [0.1, 0.15) is 5.75 Å². The van der Waals surface area contributed by atoms with Crippen LogP contribution in [0.25, 0.3) is 10.9 Å². The van der Waals surface area contributed by atoms with E-state index in [1.807, 2.05) is 36.4 Å². The van der Waals surface area contributed by atoms with Crippen LogP contribution in [0.3, 0.4) is 0 Å². The van der Waals surface area contributed by atoms with E-state index in [2.05, 4.69) is 15.6 Å². The van der Waals surface area contributed by atoms with E-state index in [1.54, 1.807) is 38.4 Å². The molecule has 1 atom stereocenters. The van der Waals surface area contributed by atoms with Crippen molar-refractivity contribution in [2.45, 2.75) is 19.4 Å². The number of rotatable bonds is 7. The first-order valence-electron chi connectivity index (χ1n) is 9.31. The number of aromatic nitrogens is 1. The van der Waals surface area contributed by atoms with Crippen LogP contribution in [-0.2, 0) is 9.53 Å². The highest BCUT2D eigenvalue weighted by Crippen LogP contribution is 2.24. The third-order valence-corrected chi connectivity index (χ3v) is 4.37. The molecular formula is C22H23N3O4. The lowest BCUT2D eigenvalue weighted by Crippen LogP contribution is -2.34. The Labute approximate surface area is 169 Å². The molecule has 150 valence electrons. The number of nitrogens with one attached hydrogen (secondary N) is 2. The molecule has 0 fully saturated rings. The summed E-state index contributed by atoms with van der Waals surface area (Å²) in [5.41, 5.74) is 2.15. The van der Waals surface area contributed by atoms with Gasteiger partial charge in [-0.1, -0.05) is 18.2 Å². The molecule has 0 saturated heterocycles. The summed E-state index contributed by atoms with van der Waals surface area (Å²) in [5.74, 6) is 0.244. The van der Waals surface area contributed by atoms with Gasteiger partial charge in [-0.3, -0.25) is 9.78 Å². The molecule has 2 N–H and O–H groups in total. The minimum absolute atomic E-state index is 0.00548. The average molecular weight is 393 g/mol. The van der Waals surface area contributed by atoms with Crippen molar-refractivity contribution < 1.29 is 19.1 Å². The Morgan fingerprint density at radius 2 is 1.93 bits per heavy atom. The molecule has 1 aromatic heterocycles. The fraction of sp³-hybridized carbons (Fsp3) is 0.227. The van der Waals surface area contributed by atoms with E-state index >= 15 is 0 Å². The van der Waals surface area contributed by atoms with Crippen LogP contribution in [0.1, 0.15) is 24.9 Å². The molecule has 3 aromatic rings. The maximum absolute atomic E-state index is 12.7. The van der Waals surface area contributed by atoms with Gasteiger partial charge in [-0.05, 0) is 48.9 Å². The van der Waals surface area contributed by atoms with E-state index in [0.717, 1.165) is 16.5 Å². The van der Waals surface area contributed by atoms with E-state index in [1.165, 1.54) is 0 Å². The van der Waals surface area contributed by atoms with Crippen molar-refractivity contribution >= 4 is 28.6 Å². The first-order valence-corrected chi connectivity index (χ1v) is 9.31. The molecule has 7 nitrogen and oxygen atoms in total. The molecule has 0 radical (unpaired) electrons. The van der Waals surface area contributed by atoms with Crippen LogP contribution in [0, 0.1) is 0 Å². The Kier molecular flexibility index (Phi) is 6.63. The predicted octanol–water partition coefficient (Wildman–Crippen LogP) is 4.06. The van der Waals surface area contributed by atoms with Crippen molar-refractivity contribution in [2.75, 3.05) is 19.0 Å². The molecule has 3 rings (SSSR count). The van der Waals surface area contributed by atoms with Gasteiger partial charge in [0.2, 0.25) is 0 Å². The number of amides is 2. The second kappa shape index (κ2) is 9.54. The van der Waals surface area contributed by atoms with E-state index in [4.69, 9.17) is 9.47 Å². The Balaban J connectivity index is 1.80. The summed E-state index contributed by atoms with van der Waals surface area (Å²) < 4.78 is 10.3. The van der Waals surface area contributed by atoms with Crippen LogP contribution < -0.4 is 15.4 Å². The third-order valence-electron chi connectivity index (χ3n) is 4.37. The highest BCUT2D eigenvalue weighted by Gasteiger charge is 2.20. The Morgan fingerprint density at radius 3 is 2.72 bits per heavy atom. The van der Waals surface area contributed by atoms with Gasteiger partial charge < -0.3 is 20.1 Å². The topological polar surface area (TPSA) is 89.5 Å². The maximum atomic E-state index is 12.7. The van der Waals surface area contributed by atoms with Crippen molar-refractivity contribution in [2.24, 2.45) is 0 Å². The first kappa shape index (κ1) is 20.1. The smallest absolute Gasteiger partial charge is 0.319 e. The molecule has 7 heteroatoms. The SMILES string of the molecule is CCOC(=O)CC(NC(=O)Nc1cccc2ncccc12)c1cccc(OC)c1. The van der Waals surface area contributed by atoms with Crippen LogP contribution in [0.5, 0.6) is 5.75 Å². The summed E-state index contributed by atoms with van der Waals surface area (Å²) in [6.07, 6.45) is 1.70. The number of anilines is 1. The number of hydrogen-bond acceptors (Lipinski definition) is 5. The molecule has 0 saturated carbocycles. The van der Waals surface area contributed by atoms with Gasteiger partial charge in [0, 0.05) is 11.6 Å². The van der Waals surface area contributed by atoms with Crippen molar-refractivity contribution in [1.82, 2.24) is 10.3 Å². The van der Waals surface area contributed by atoms with Crippen LogP contribution in [-0.4, -0.2) is 30.7 Å². The Morgan fingerprint density at radius 1 is 1.10 bits per heavy atom. The Bertz CT molecular complexity index is 1000. The largest absolute Gasteiger partial charge is 0.497 e. The van der Waals surface area contributed by atoms with Gasteiger partial charge >= 0.3 is 12.0 Å². The zero-order valence-electron chi connectivity index (χ0n) is 16.3. The van der Waals surface area contributed by atoms with Crippen molar-refractivity contribution in [3.63, 3.8) is 0 Å². The second-order valence-electron chi connectivity index (χ2n) is 6.31. The van der Waals surface area contributed by atoms with Crippen molar-refractivity contribution in [3.05, 3.63) is 66.4 Å². The summed E-state index contributed by atoms with van der Waals surface area (Å²) in [5, 5.41) is 6.53. The molecule has 0 aliphatic heterocycles. The number of urea groups is 1. The number of ether oxygens (including phenoxy) is 2. The fourth-order valence-corrected chi connectivity index (χ4v) is 3.03. The number of methoxy groups -OCH3 is 1. The zero-order chi connectivity index (χ0) is 20.6. The van der Waals surface area contributed by atoms with Crippen LogP contribution in [0.4, 0.5) is 10.5 Å². The van der Waals surface area contributed by atoms with E-state index in [-0.39, 0.29) is 13.0 Å². The fourth-order valence-electron chi connectivity index (χ4n) is 3.03. The molecule has 2 amide bonds. The van der Waals surface area contributed by atoms with Crippen LogP contribution >= 0.6 is 0 Å². The molecule has 1 heterocycles. The quantitative estimate of drug-likeness (QED) is 0.591. The van der Waals surface area contributed by atoms with Gasteiger partial charge in [0.15, 0.2) is 0 Å². The van der Waals surface area contributed by atoms with Crippen molar-refractivity contribution in [1.29, 1.82) is 0 Å². The number of carbonyl (C=O) groups is 2.